The van der Waals surface area contributed by atoms with Gasteiger partial charge in [0.15, 0.2) is 5.96 Å². The van der Waals surface area contributed by atoms with Crippen molar-refractivity contribution in [3.05, 3.63) is 30.3 Å². The molecular weight excluding hydrogens is 270 g/mol. The highest BCUT2D eigenvalue weighted by atomic mass is 32.2. The van der Waals surface area contributed by atoms with Gasteiger partial charge >= 0.3 is 0 Å². The summed E-state index contributed by atoms with van der Waals surface area (Å²) in [5.41, 5.74) is 6.06. The second kappa shape index (κ2) is 7.55. The minimum Gasteiger partial charge on any atom is -0.375 e. The Balaban J connectivity index is 1.82. The monoisotopic (exact) mass is 293 g/mol. The summed E-state index contributed by atoms with van der Waals surface area (Å²) in [6.07, 6.45) is 0.230. The molecule has 1 saturated heterocycles. The predicted octanol–water partition coefficient (Wildman–Crippen LogP) is 2.20. The van der Waals surface area contributed by atoms with Crippen molar-refractivity contribution in [1.29, 1.82) is 0 Å². The zero-order chi connectivity index (χ0) is 14.4. The van der Waals surface area contributed by atoms with Gasteiger partial charge in [0, 0.05) is 23.2 Å². The lowest BCUT2D eigenvalue weighted by molar-refractivity contribution is 0.00530. The molecule has 0 saturated carbocycles. The highest BCUT2D eigenvalue weighted by Crippen LogP contribution is 2.22. The van der Waals surface area contributed by atoms with Gasteiger partial charge in [0.25, 0.3) is 0 Å². The second-order valence-corrected chi connectivity index (χ2v) is 6.58. The van der Waals surface area contributed by atoms with E-state index in [1.54, 1.807) is 0 Å². The van der Waals surface area contributed by atoms with Crippen molar-refractivity contribution in [2.75, 3.05) is 26.2 Å². The molecule has 0 amide bonds. The number of hydrogen-bond acceptors (Lipinski definition) is 3. The molecule has 5 heteroatoms. The number of nitrogens with two attached hydrogens (primary N) is 1. The van der Waals surface area contributed by atoms with Gasteiger partial charge in [-0.15, -0.1) is 11.8 Å². The Bertz CT molecular complexity index is 438. The molecule has 4 nitrogen and oxygen atoms in total. The van der Waals surface area contributed by atoms with Crippen LogP contribution >= 0.6 is 11.8 Å². The summed E-state index contributed by atoms with van der Waals surface area (Å²) in [5, 5.41) is 0.411. The predicted molar refractivity (Wildman–Crippen MR) is 85.2 cm³/mol. The number of thioether (sulfide) groups is 1. The summed E-state index contributed by atoms with van der Waals surface area (Å²) in [6.45, 7) is 7.36. The fourth-order valence-corrected chi connectivity index (χ4v) is 3.05. The molecule has 0 aliphatic carbocycles. The van der Waals surface area contributed by atoms with Crippen LogP contribution in [0.2, 0.25) is 0 Å². The van der Waals surface area contributed by atoms with Gasteiger partial charge in [-0.2, -0.15) is 0 Å². The maximum absolute atomic E-state index is 6.06. The number of guanidine groups is 1. The molecule has 1 heterocycles. The summed E-state index contributed by atoms with van der Waals surface area (Å²) >= 11 is 1.83. The van der Waals surface area contributed by atoms with E-state index in [0.29, 0.717) is 11.2 Å². The third-order valence-electron chi connectivity index (χ3n) is 3.16. The zero-order valence-electron chi connectivity index (χ0n) is 12.2. The molecule has 1 aliphatic heterocycles. The molecule has 20 heavy (non-hydrogen) atoms. The van der Waals surface area contributed by atoms with E-state index in [4.69, 9.17) is 10.5 Å². The lowest BCUT2D eigenvalue weighted by atomic mass is 10.3. The van der Waals surface area contributed by atoms with E-state index >= 15 is 0 Å². The number of nitrogens with zero attached hydrogens (tertiary/aromatic N) is 2. The Labute approximate surface area is 125 Å². The minimum absolute atomic E-state index is 0.230. The molecule has 1 aliphatic rings. The topological polar surface area (TPSA) is 50.8 Å². The first-order valence-electron chi connectivity index (χ1n) is 7.03. The van der Waals surface area contributed by atoms with E-state index in [1.807, 2.05) is 17.8 Å². The molecule has 1 aromatic rings. The van der Waals surface area contributed by atoms with E-state index < -0.39 is 0 Å². The number of ether oxygens (including phenoxy) is 1. The molecule has 0 bridgehead atoms. The molecule has 0 spiro atoms. The first-order valence-corrected chi connectivity index (χ1v) is 7.91. The van der Waals surface area contributed by atoms with Crippen molar-refractivity contribution in [2.45, 2.75) is 30.1 Å². The van der Waals surface area contributed by atoms with E-state index in [9.17, 15) is 0 Å². The first kappa shape index (κ1) is 15.2. The van der Waals surface area contributed by atoms with Gasteiger partial charge in [0.05, 0.1) is 19.3 Å². The summed E-state index contributed by atoms with van der Waals surface area (Å²) in [5.74, 6) is 0.640. The lowest BCUT2D eigenvalue weighted by Gasteiger charge is -2.32. The summed E-state index contributed by atoms with van der Waals surface area (Å²) in [7, 11) is 0. The van der Waals surface area contributed by atoms with Gasteiger partial charge in [0.1, 0.15) is 0 Å². The van der Waals surface area contributed by atoms with Crippen LogP contribution in [0.1, 0.15) is 13.8 Å². The molecule has 2 unspecified atom stereocenters. The van der Waals surface area contributed by atoms with E-state index in [2.05, 4.69) is 48.0 Å². The first-order chi connectivity index (χ1) is 9.65. The molecule has 2 atom stereocenters. The van der Waals surface area contributed by atoms with Gasteiger partial charge in [0.2, 0.25) is 0 Å². The van der Waals surface area contributed by atoms with Crippen LogP contribution in [0, 0.1) is 0 Å². The summed E-state index contributed by atoms with van der Waals surface area (Å²) in [4.78, 5) is 7.90. The standard InChI is InChI=1S/C15H23N3OS/c1-12-11-18(8-9-19-12)15(16)17-10-13(2)20-14-6-4-3-5-7-14/h3-7,12-13H,8-11H2,1-2H3,(H2,16,17). The quantitative estimate of drug-likeness (QED) is 0.525. The Kier molecular flexibility index (Phi) is 5.73. The van der Waals surface area contributed by atoms with Crippen LogP contribution in [-0.2, 0) is 4.74 Å². The average molecular weight is 293 g/mol. The largest absolute Gasteiger partial charge is 0.375 e. The van der Waals surface area contributed by atoms with Crippen LogP contribution in [0.3, 0.4) is 0 Å². The Morgan fingerprint density at radius 2 is 2.25 bits per heavy atom. The van der Waals surface area contributed by atoms with Crippen molar-refractivity contribution in [2.24, 2.45) is 10.7 Å². The van der Waals surface area contributed by atoms with Crippen LogP contribution in [-0.4, -0.2) is 48.5 Å². The molecule has 1 aromatic carbocycles. The van der Waals surface area contributed by atoms with Crippen LogP contribution < -0.4 is 5.73 Å². The number of aliphatic imine (C=N–C) groups is 1. The Morgan fingerprint density at radius 3 is 2.95 bits per heavy atom. The SMILES string of the molecule is CC1CN(C(N)=NCC(C)Sc2ccccc2)CCO1. The smallest absolute Gasteiger partial charge is 0.191 e. The third-order valence-corrected chi connectivity index (χ3v) is 4.25. The Hall–Kier alpha value is -1.20. The maximum Gasteiger partial charge on any atom is 0.191 e. The van der Waals surface area contributed by atoms with Gasteiger partial charge in [-0.3, -0.25) is 4.99 Å². The summed E-state index contributed by atoms with van der Waals surface area (Å²) < 4.78 is 5.51. The molecule has 110 valence electrons. The van der Waals surface area contributed by atoms with Crippen molar-refractivity contribution in [3.63, 3.8) is 0 Å². The number of rotatable bonds is 4. The van der Waals surface area contributed by atoms with E-state index in [0.717, 1.165) is 26.2 Å². The Morgan fingerprint density at radius 1 is 1.50 bits per heavy atom. The third kappa shape index (κ3) is 4.72. The fourth-order valence-electron chi connectivity index (χ4n) is 2.12. The van der Waals surface area contributed by atoms with Crippen LogP contribution in [0.5, 0.6) is 0 Å². The van der Waals surface area contributed by atoms with E-state index in [1.165, 1.54) is 4.90 Å². The van der Waals surface area contributed by atoms with E-state index in [-0.39, 0.29) is 6.10 Å². The normalized spacial score (nSPS) is 21.8. The van der Waals surface area contributed by atoms with Crippen LogP contribution in [0.15, 0.2) is 40.2 Å². The van der Waals surface area contributed by atoms with Gasteiger partial charge in [-0.25, -0.2) is 0 Å². The molecule has 0 radical (unpaired) electrons. The number of hydrogen-bond donors (Lipinski definition) is 1. The molecule has 2 N–H and O–H groups in total. The highest BCUT2D eigenvalue weighted by Gasteiger charge is 2.18. The number of benzene rings is 1. The highest BCUT2D eigenvalue weighted by molar-refractivity contribution is 8.00. The number of morpholine rings is 1. The average Bonchev–Trinajstić information content (AvgIpc) is 2.46. The fraction of sp³-hybridized carbons (Fsp3) is 0.533. The van der Waals surface area contributed by atoms with Gasteiger partial charge in [-0.05, 0) is 19.1 Å². The molecule has 0 aromatic heterocycles. The van der Waals surface area contributed by atoms with Crippen LogP contribution in [0.4, 0.5) is 0 Å². The molecule has 2 rings (SSSR count). The lowest BCUT2D eigenvalue weighted by Crippen LogP contribution is -2.48. The molecular formula is C15H23N3OS. The summed E-state index contributed by atoms with van der Waals surface area (Å²) in [6, 6.07) is 10.4. The van der Waals surface area contributed by atoms with Gasteiger partial charge < -0.3 is 15.4 Å². The van der Waals surface area contributed by atoms with Gasteiger partial charge in [-0.1, -0.05) is 25.1 Å². The van der Waals surface area contributed by atoms with Crippen molar-refractivity contribution in [3.8, 4) is 0 Å². The second-order valence-electron chi connectivity index (χ2n) is 5.07. The molecule has 1 fully saturated rings. The van der Waals surface area contributed by atoms with Crippen LogP contribution in [0.25, 0.3) is 0 Å². The van der Waals surface area contributed by atoms with Crippen molar-refractivity contribution >= 4 is 17.7 Å². The zero-order valence-corrected chi connectivity index (χ0v) is 13.0. The minimum atomic E-state index is 0.230. The van der Waals surface area contributed by atoms with Crippen molar-refractivity contribution < 1.29 is 4.74 Å². The van der Waals surface area contributed by atoms with Crippen molar-refractivity contribution in [1.82, 2.24) is 4.90 Å². The maximum atomic E-state index is 6.06.